The van der Waals surface area contributed by atoms with E-state index in [-0.39, 0.29) is 82.3 Å². The van der Waals surface area contributed by atoms with Crippen LogP contribution in [0.1, 0.15) is 38.9 Å². The number of hydrogen-bond donors (Lipinski definition) is 0. The van der Waals surface area contributed by atoms with Gasteiger partial charge < -0.3 is 0 Å². The molecule has 0 saturated heterocycles. The fourth-order valence-corrected chi connectivity index (χ4v) is 8.46. The second-order valence-electron chi connectivity index (χ2n) is 15.1. The van der Waals surface area contributed by atoms with Gasteiger partial charge in [0.1, 0.15) is 28.3 Å². The Hall–Kier alpha value is -8.69. The van der Waals surface area contributed by atoms with Gasteiger partial charge >= 0.3 is 24.7 Å². The summed E-state index contributed by atoms with van der Waals surface area (Å²) in [5, 5.41) is 59.5. The number of nitrogens with zero attached hydrogens (tertiary/aromatic N) is 7. The van der Waals surface area contributed by atoms with Crippen molar-refractivity contribution in [1.29, 1.82) is 31.6 Å². The smallest absolute Gasteiger partial charge is 0.236 e. The number of benzene rings is 5. The molecule has 0 saturated carbocycles. The normalized spacial score (nSPS) is 14.8. The van der Waals surface area contributed by atoms with E-state index in [0.29, 0.717) is 24.3 Å². The van der Waals surface area contributed by atoms with E-state index in [2.05, 4.69) is 0 Å². The molecule has 0 spiro atoms. The molecule has 0 bridgehead atoms. The highest BCUT2D eigenvalue weighted by Crippen LogP contribution is 2.43. The first-order valence-electron chi connectivity index (χ1n) is 19.3. The van der Waals surface area contributed by atoms with Crippen LogP contribution in [0.2, 0.25) is 0 Å². The van der Waals surface area contributed by atoms with Crippen LogP contribution in [0.4, 0.5) is 52.7 Å². The van der Waals surface area contributed by atoms with Crippen LogP contribution in [0.5, 0.6) is 0 Å². The van der Waals surface area contributed by atoms with Gasteiger partial charge in [0.05, 0.1) is 67.9 Å². The van der Waals surface area contributed by atoms with E-state index in [1.807, 2.05) is 18.2 Å². The number of thiazole rings is 1. The molecule has 1 unspecified atom stereocenters. The van der Waals surface area contributed by atoms with E-state index in [4.69, 9.17) is 4.98 Å². The van der Waals surface area contributed by atoms with E-state index in [1.165, 1.54) is 48.6 Å². The number of alkyl halides is 12. The number of rotatable bonds is 5. The molecule has 1 aromatic heterocycles. The second kappa shape index (κ2) is 17.8. The number of nitriles is 6. The zero-order valence-electron chi connectivity index (χ0n) is 34.0. The quantitative estimate of drug-likeness (QED) is 0.156. The maximum Gasteiger partial charge on any atom is 0.416 e. The van der Waals surface area contributed by atoms with Crippen LogP contribution in [0.15, 0.2) is 103 Å². The first-order valence-corrected chi connectivity index (χ1v) is 20.1. The van der Waals surface area contributed by atoms with Gasteiger partial charge in [-0.1, -0.05) is 18.2 Å². The summed E-state index contributed by atoms with van der Waals surface area (Å²) < 4.78 is 167. The topological polar surface area (TPSA) is 156 Å². The number of allylic oxidation sites excluding steroid dienone is 4. The lowest BCUT2D eigenvalue weighted by Crippen LogP contribution is -2.14. The molecular weight excluding hydrogens is 947 g/mol. The third kappa shape index (κ3) is 9.89. The Labute approximate surface area is 384 Å². The monoisotopic (exact) mass is 965 g/mol. The molecule has 20 heteroatoms. The molecule has 0 radical (unpaired) electrons. The van der Waals surface area contributed by atoms with Crippen molar-refractivity contribution >= 4 is 38.3 Å². The molecule has 0 amide bonds. The lowest BCUT2D eigenvalue weighted by molar-refractivity contribution is -0.144. The van der Waals surface area contributed by atoms with E-state index >= 15 is 0 Å². The van der Waals surface area contributed by atoms with E-state index in [0.717, 1.165) is 29.5 Å². The molecule has 7 nitrogen and oxygen atoms in total. The van der Waals surface area contributed by atoms with Crippen LogP contribution in [-0.4, -0.2) is 4.98 Å². The molecule has 69 heavy (non-hydrogen) atoms. The van der Waals surface area contributed by atoms with Crippen LogP contribution in [0.25, 0.3) is 60.3 Å². The molecule has 0 N–H and O–H groups in total. The van der Waals surface area contributed by atoms with Crippen molar-refractivity contribution in [1.82, 2.24) is 4.98 Å². The average molecular weight is 966 g/mol. The highest BCUT2D eigenvalue weighted by atomic mass is 32.1. The van der Waals surface area contributed by atoms with Crippen molar-refractivity contribution in [2.24, 2.45) is 11.8 Å². The third-order valence-electron chi connectivity index (χ3n) is 10.6. The van der Waals surface area contributed by atoms with Crippen LogP contribution >= 0.6 is 11.3 Å². The predicted octanol–water partition coefficient (Wildman–Crippen LogP) is 12.4. The Balaban J connectivity index is 1.49. The number of hydrogen-bond acceptors (Lipinski definition) is 8. The van der Waals surface area contributed by atoms with Crippen molar-refractivity contribution in [3.05, 3.63) is 152 Å². The Morgan fingerprint density at radius 2 is 0.957 bits per heavy atom. The summed E-state index contributed by atoms with van der Waals surface area (Å²) in [5.74, 6) is -2.27. The highest BCUT2D eigenvalue weighted by molar-refractivity contribution is 7.16. The Morgan fingerprint density at radius 1 is 0.522 bits per heavy atom. The van der Waals surface area contributed by atoms with Gasteiger partial charge in [0.2, 0.25) is 0 Å². The molecule has 1 aliphatic rings. The third-order valence-corrected chi connectivity index (χ3v) is 11.7. The maximum atomic E-state index is 13.9. The minimum Gasteiger partial charge on any atom is -0.236 e. The summed E-state index contributed by atoms with van der Waals surface area (Å²) in [6.07, 6.45) is -16.5. The van der Waals surface area contributed by atoms with E-state index in [1.54, 1.807) is 18.2 Å². The first kappa shape index (κ1) is 48.2. The van der Waals surface area contributed by atoms with Gasteiger partial charge in [-0.15, -0.1) is 11.3 Å². The summed E-state index contributed by atoms with van der Waals surface area (Å²) in [6, 6.07) is 22.2. The van der Waals surface area contributed by atoms with Crippen molar-refractivity contribution in [2.75, 3.05) is 0 Å². The Bertz CT molecular complexity index is 3510. The molecule has 5 aromatic carbocycles. The summed E-state index contributed by atoms with van der Waals surface area (Å²) in [5.41, 5.74) is -8.78. The van der Waals surface area contributed by atoms with Crippen LogP contribution in [0.3, 0.4) is 0 Å². The number of fused-ring (bicyclic) bond motifs is 1. The molecule has 7 rings (SSSR count). The fraction of sp³-hybridized carbons (Fsp3) is 0.122. The Morgan fingerprint density at radius 3 is 1.39 bits per heavy atom. The summed E-state index contributed by atoms with van der Waals surface area (Å²) >= 11 is 0.932. The standard InChI is InChI=1S/C49H19F12N7S/c50-46(51,52)35-9-29(10-36(14-35)47(53,54)55)27-3-24(18-62)5-31(7-27)40-13-26(33(20-64)21-65)1-2-39(40)45-68-43-16-41(42(17-44(43)69-45)34(22-66)23-67)32-6-25(19-63)4-28(8-32)30-11-37(48(56,57)58)15-38(12-30)49(59,60)61/h1-17,26,33H/b45-39-. The van der Waals surface area contributed by atoms with Crippen LogP contribution in [0, 0.1) is 79.8 Å². The van der Waals surface area contributed by atoms with Crippen LogP contribution < -0.4 is 9.88 Å². The molecular formula is C49H19F12N7S. The molecule has 0 aliphatic heterocycles. The minimum atomic E-state index is -5.21. The Kier molecular flexibility index (Phi) is 12.5. The molecule has 1 atom stereocenters. The van der Waals surface area contributed by atoms with Gasteiger partial charge in [-0.25, -0.2) is 4.98 Å². The zero-order valence-corrected chi connectivity index (χ0v) is 34.9. The van der Waals surface area contributed by atoms with Gasteiger partial charge in [-0.3, -0.25) is 0 Å². The number of halogens is 12. The van der Waals surface area contributed by atoms with Gasteiger partial charge in [0.15, 0.2) is 0 Å². The summed E-state index contributed by atoms with van der Waals surface area (Å²) in [4.78, 5) is 4.72. The lowest BCUT2D eigenvalue weighted by Gasteiger charge is -2.20. The lowest BCUT2D eigenvalue weighted by atomic mass is 9.82. The molecule has 0 fully saturated rings. The van der Waals surface area contributed by atoms with Crippen molar-refractivity contribution in [3.8, 4) is 69.8 Å². The van der Waals surface area contributed by atoms with Crippen molar-refractivity contribution in [2.45, 2.75) is 24.7 Å². The van der Waals surface area contributed by atoms with E-state index in [9.17, 15) is 84.3 Å². The average Bonchev–Trinajstić information content (AvgIpc) is 3.73. The van der Waals surface area contributed by atoms with Gasteiger partial charge in [-0.05, 0) is 129 Å². The van der Waals surface area contributed by atoms with E-state index < -0.39 is 75.5 Å². The van der Waals surface area contributed by atoms with Crippen molar-refractivity contribution in [3.63, 3.8) is 0 Å². The molecule has 340 valence electrons. The predicted molar refractivity (Wildman–Crippen MR) is 224 cm³/mol. The zero-order chi connectivity index (χ0) is 50.4. The largest absolute Gasteiger partial charge is 0.416 e. The number of aromatic nitrogens is 1. The molecule has 6 aromatic rings. The second-order valence-corrected chi connectivity index (χ2v) is 16.1. The summed E-state index contributed by atoms with van der Waals surface area (Å²) in [7, 11) is 0. The van der Waals surface area contributed by atoms with Crippen molar-refractivity contribution < 1.29 is 52.7 Å². The summed E-state index contributed by atoms with van der Waals surface area (Å²) in [6.45, 7) is 0. The van der Waals surface area contributed by atoms with Gasteiger partial charge in [-0.2, -0.15) is 84.3 Å². The van der Waals surface area contributed by atoms with Gasteiger partial charge in [0, 0.05) is 16.7 Å². The molecule has 1 heterocycles. The SMILES string of the molecule is N#CC(C#N)=c1cc2s/c(=C3/C=CC(C(C#N)C#N)C=C3c3cc(C#N)cc(-c4cc(C(F)(F)F)cc(C(F)(F)F)c4)c3)nc2cc1-c1cc(C#N)cc(-c2cc(C(F)(F)F)cc(C(F)(F)F)c2)c1. The van der Waals surface area contributed by atoms with Crippen LogP contribution in [-0.2, 0) is 24.7 Å². The highest BCUT2D eigenvalue weighted by Gasteiger charge is 2.39. The van der Waals surface area contributed by atoms with Gasteiger partial charge in [0.25, 0.3) is 0 Å². The molecule has 1 aliphatic carbocycles. The fourth-order valence-electron chi connectivity index (χ4n) is 7.43. The maximum absolute atomic E-state index is 13.9. The first-order chi connectivity index (χ1) is 32.4. The minimum absolute atomic E-state index is 0.0182.